The Balaban J connectivity index is 2.10. The molecule has 1 heterocycles. The fourth-order valence-electron chi connectivity index (χ4n) is 2.68. The van der Waals surface area contributed by atoms with E-state index in [9.17, 15) is 4.79 Å². The van der Waals surface area contributed by atoms with Gasteiger partial charge in [-0.1, -0.05) is 36.8 Å². The van der Waals surface area contributed by atoms with Crippen LogP contribution in [0.3, 0.4) is 0 Å². The molecule has 0 radical (unpaired) electrons. The van der Waals surface area contributed by atoms with Gasteiger partial charge in [-0.3, -0.25) is 4.79 Å². The van der Waals surface area contributed by atoms with Gasteiger partial charge in [0.1, 0.15) is 5.78 Å². The SMILES string of the molecule is CCC1(C(=O)Cc2cccc(C)c2)CCNC1. The Morgan fingerprint density at radius 3 is 2.88 bits per heavy atom. The minimum atomic E-state index is -0.107. The van der Waals surface area contributed by atoms with Crippen molar-refractivity contribution >= 4 is 5.78 Å². The standard InChI is InChI=1S/C15H21NO/c1-3-15(7-8-16-11-15)14(17)10-13-6-4-5-12(2)9-13/h4-6,9,16H,3,7-8,10-11H2,1-2H3. The lowest BCUT2D eigenvalue weighted by Crippen LogP contribution is -2.34. The molecule has 1 unspecified atom stereocenters. The monoisotopic (exact) mass is 231 g/mol. The number of hydrogen-bond acceptors (Lipinski definition) is 2. The number of aryl methyl sites for hydroxylation is 1. The molecule has 1 aromatic rings. The molecule has 1 aromatic carbocycles. The third-order valence-electron chi connectivity index (χ3n) is 3.96. The van der Waals surface area contributed by atoms with Crippen molar-refractivity contribution in [1.82, 2.24) is 5.32 Å². The van der Waals surface area contributed by atoms with Crippen molar-refractivity contribution in [2.24, 2.45) is 5.41 Å². The Hall–Kier alpha value is -1.15. The summed E-state index contributed by atoms with van der Waals surface area (Å²) in [5, 5.41) is 3.32. The molecule has 2 rings (SSSR count). The molecule has 17 heavy (non-hydrogen) atoms. The molecule has 2 nitrogen and oxygen atoms in total. The fourth-order valence-corrected chi connectivity index (χ4v) is 2.68. The molecular formula is C15H21NO. The molecule has 0 bridgehead atoms. The highest BCUT2D eigenvalue weighted by atomic mass is 16.1. The van der Waals surface area contributed by atoms with Crippen LogP contribution in [-0.4, -0.2) is 18.9 Å². The molecule has 2 heteroatoms. The Morgan fingerprint density at radius 2 is 2.29 bits per heavy atom. The number of carbonyl (C=O) groups is 1. The maximum Gasteiger partial charge on any atom is 0.144 e. The van der Waals surface area contributed by atoms with E-state index < -0.39 is 0 Å². The molecule has 0 spiro atoms. The molecule has 0 aromatic heterocycles. The Kier molecular flexibility index (Phi) is 3.63. The number of nitrogens with one attached hydrogen (secondary N) is 1. The van der Waals surface area contributed by atoms with Crippen molar-refractivity contribution in [1.29, 1.82) is 0 Å². The van der Waals surface area contributed by atoms with Crippen molar-refractivity contribution < 1.29 is 4.79 Å². The Morgan fingerprint density at radius 1 is 1.47 bits per heavy atom. The van der Waals surface area contributed by atoms with Crippen LogP contribution in [0.2, 0.25) is 0 Å². The van der Waals surface area contributed by atoms with Gasteiger partial charge in [-0.25, -0.2) is 0 Å². The first-order valence-electron chi connectivity index (χ1n) is 6.46. The minimum Gasteiger partial charge on any atom is -0.316 e. The van der Waals surface area contributed by atoms with E-state index in [0.717, 1.165) is 31.5 Å². The maximum atomic E-state index is 12.4. The predicted molar refractivity (Wildman–Crippen MR) is 70.1 cm³/mol. The van der Waals surface area contributed by atoms with Gasteiger partial charge in [-0.05, 0) is 31.9 Å². The number of hydrogen-bond donors (Lipinski definition) is 1. The summed E-state index contributed by atoms with van der Waals surface area (Å²) in [6.45, 7) is 6.03. The van der Waals surface area contributed by atoms with E-state index in [4.69, 9.17) is 0 Å². The first-order chi connectivity index (χ1) is 8.16. The van der Waals surface area contributed by atoms with Gasteiger partial charge in [0.25, 0.3) is 0 Å². The molecule has 92 valence electrons. The van der Waals surface area contributed by atoms with Crippen LogP contribution in [0.4, 0.5) is 0 Å². The van der Waals surface area contributed by atoms with Gasteiger partial charge in [0, 0.05) is 18.4 Å². The predicted octanol–water partition coefficient (Wildman–Crippen LogP) is 2.50. The highest BCUT2D eigenvalue weighted by molar-refractivity contribution is 5.87. The second-order valence-corrected chi connectivity index (χ2v) is 5.15. The topological polar surface area (TPSA) is 29.1 Å². The summed E-state index contributed by atoms with van der Waals surface area (Å²) in [6.07, 6.45) is 2.52. The highest BCUT2D eigenvalue weighted by Crippen LogP contribution is 2.31. The van der Waals surface area contributed by atoms with Gasteiger partial charge in [0.2, 0.25) is 0 Å². The van der Waals surface area contributed by atoms with Crippen LogP contribution >= 0.6 is 0 Å². The molecule has 0 saturated carbocycles. The molecule has 1 saturated heterocycles. The maximum absolute atomic E-state index is 12.4. The molecule has 0 aliphatic carbocycles. The van der Waals surface area contributed by atoms with E-state index in [1.54, 1.807) is 0 Å². The zero-order valence-corrected chi connectivity index (χ0v) is 10.8. The molecule has 0 amide bonds. The summed E-state index contributed by atoms with van der Waals surface area (Å²) in [5.41, 5.74) is 2.27. The third-order valence-corrected chi connectivity index (χ3v) is 3.96. The molecule has 1 N–H and O–H groups in total. The van der Waals surface area contributed by atoms with Crippen LogP contribution in [0.1, 0.15) is 30.9 Å². The van der Waals surface area contributed by atoms with Crippen molar-refractivity contribution in [3.8, 4) is 0 Å². The smallest absolute Gasteiger partial charge is 0.144 e. The number of carbonyl (C=O) groups excluding carboxylic acids is 1. The van der Waals surface area contributed by atoms with E-state index in [2.05, 4.69) is 37.4 Å². The summed E-state index contributed by atoms with van der Waals surface area (Å²) in [5.74, 6) is 0.399. The first kappa shape index (κ1) is 12.3. The Labute approximate surface area is 103 Å². The largest absolute Gasteiger partial charge is 0.316 e. The van der Waals surface area contributed by atoms with E-state index in [0.29, 0.717) is 12.2 Å². The summed E-state index contributed by atoms with van der Waals surface area (Å²) in [4.78, 5) is 12.4. The van der Waals surface area contributed by atoms with Gasteiger partial charge in [-0.15, -0.1) is 0 Å². The summed E-state index contributed by atoms with van der Waals surface area (Å²) in [7, 11) is 0. The normalized spacial score (nSPS) is 23.9. The summed E-state index contributed by atoms with van der Waals surface area (Å²) < 4.78 is 0. The van der Waals surface area contributed by atoms with Gasteiger partial charge >= 0.3 is 0 Å². The summed E-state index contributed by atoms with van der Waals surface area (Å²) in [6, 6.07) is 8.27. The van der Waals surface area contributed by atoms with Crippen molar-refractivity contribution in [3.05, 3.63) is 35.4 Å². The van der Waals surface area contributed by atoms with Crippen molar-refractivity contribution in [2.75, 3.05) is 13.1 Å². The lowest BCUT2D eigenvalue weighted by Gasteiger charge is -2.24. The second kappa shape index (κ2) is 5.01. The summed E-state index contributed by atoms with van der Waals surface area (Å²) >= 11 is 0. The molecule has 1 aliphatic heterocycles. The van der Waals surface area contributed by atoms with Crippen LogP contribution in [0.25, 0.3) is 0 Å². The van der Waals surface area contributed by atoms with Crippen LogP contribution < -0.4 is 5.32 Å². The lowest BCUT2D eigenvalue weighted by atomic mass is 9.78. The van der Waals surface area contributed by atoms with Crippen LogP contribution in [0.15, 0.2) is 24.3 Å². The van der Waals surface area contributed by atoms with Crippen LogP contribution in [0.5, 0.6) is 0 Å². The van der Waals surface area contributed by atoms with E-state index in [-0.39, 0.29) is 5.41 Å². The minimum absolute atomic E-state index is 0.107. The fraction of sp³-hybridized carbons (Fsp3) is 0.533. The van der Waals surface area contributed by atoms with Crippen LogP contribution in [-0.2, 0) is 11.2 Å². The van der Waals surface area contributed by atoms with Crippen molar-refractivity contribution in [3.63, 3.8) is 0 Å². The van der Waals surface area contributed by atoms with Gasteiger partial charge in [-0.2, -0.15) is 0 Å². The molecule has 1 fully saturated rings. The zero-order chi connectivity index (χ0) is 12.3. The second-order valence-electron chi connectivity index (χ2n) is 5.15. The quantitative estimate of drug-likeness (QED) is 0.862. The van der Waals surface area contributed by atoms with E-state index >= 15 is 0 Å². The van der Waals surface area contributed by atoms with Crippen LogP contribution in [0, 0.1) is 12.3 Å². The zero-order valence-electron chi connectivity index (χ0n) is 10.8. The van der Waals surface area contributed by atoms with Gasteiger partial charge in [0.15, 0.2) is 0 Å². The molecule has 1 atom stereocenters. The van der Waals surface area contributed by atoms with E-state index in [1.165, 1.54) is 5.56 Å². The number of ketones is 1. The third kappa shape index (κ3) is 2.58. The Bertz CT molecular complexity index is 405. The molecule has 1 aliphatic rings. The van der Waals surface area contributed by atoms with Gasteiger partial charge in [0.05, 0.1) is 0 Å². The number of rotatable bonds is 4. The first-order valence-corrected chi connectivity index (χ1v) is 6.46. The van der Waals surface area contributed by atoms with E-state index in [1.807, 2.05) is 6.07 Å². The lowest BCUT2D eigenvalue weighted by molar-refractivity contribution is -0.127. The van der Waals surface area contributed by atoms with Crippen molar-refractivity contribution in [2.45, 2.75) is 33.1 Å². The number of benzene rings is 1. The molecular weight excluding hydrogens is 210 g/mol. The highest BCUT2D eigenvalue weighted by Gasteiger charge is 2.38. The average molecular weight is 231 g/mol. The average Bonchev–Trinajstić information content (AvgIpc) is 2.78. The van der Waals surface area contributed by atoms with Gasteiger partial charge < -0.3 is 5.32 Å². The number of Topliss-reactive ketones (excluding diaryl/α,β-unsaturated/α-hetero) is 1.